The first kappa shape index (κ1) is 11.8. The number of ether oxygens (including phenoxy) is 1. The van der Waals surface area contributed by atoms with E-state index in [0.29, 0.717) is 6.61 Å². The fourth-order valence-corrected chi connectivity index (χ4v) is 3.26. The fourth-order valence-electron chi connectivity index (χ4n) is 3.26. The molecule has 1 aromatic heterocycles. The van der Waals surface area contributed by atoms with Crippen LogP contribution in [-0.2, 0) is 6.61 Å². The third-order valence-corrected chi connectivity index (χ3v) is 4.31. The molecule has 0 unspecified atom stereocenters. The van der Waals surface area contributed by atoms with Crippen molar-refractivity contribution in [2.45, 2.75) is 6.61 Å². The number of pyridine rings is 1. The number of rotatable bonds is 0. The molecule has 22 heavy (non-hydrogen) atoms. The van der Waals surface area contributed by atoms with Crippen molar-refractivity contribution in [1.29, 1.82) is 0 Å². The van der Waals surface area contributed by atoms with E-state index in [4.69, 9.17) is 9.72 Å². The number of hydrogen-bond acceptors (Lipinski definition) is 2. The zero-order valence-electron chi connectivity index (χ0n) is 11.9. The molecule has 4 aromatic rings. The summed E-state index contributed by atoms with van der Waals surface area (Å²) in [5.41, 5.74) is 4.35. The Labute approximate surface area is 128 Å². The van der Waals surface area contributed by atoms with Crippen LogP contribution in [0.2, 0.25) is 0 Å². The third kappa shape index (κ3) is 1.58. The molecule has 0 N–H and O–H groups in total. The summed E-state index contributed by atoms with van der Waals surface area (Å²) in [5.74, 6) is 0.925. The van der Waals surface area contributed by atoms with Crippen molar-refractivity contribution in [2.75, 3.05) is 0 Å². The minimum absolute atomic E-state index is 0.582. The Morgan fingerprint density at radius 2 is 1.64 bits per heavy atom. The van der Waals surface area contributed by atoms with Gasteiger partial charge in [0.25, 0.3) is 0 Å². The van der Waals surface area contributed by atoms with Crippen LogP contribution in [0.5, 0.6) is 5.75 Å². The van der Waals surface area contributed by atoms with E-state index in [1.54, 1.807) is 0 Å². The van der Waals surface area contributed by atoms with Gasteiger partial charge in [0, 0.05) is 10.9 Å². The van der Waals surface area contributed by atoms with Crippen LogP contribution in [0.15, 0.2) is 66.7 Å². The molecule has 0 amide bonds. The molecule has 1 aliphatic heterocycles. The van der Waals surface area contributed by atoms with E-state index in [-0.39, 0.29) is 0 Å². The summed E-state index contributed by atoms with van der Waals surface area (Å²) >= 11 is 0. The van der Waals surface area contributed by atoms with Gasteiger partial charge >= 0.3 is 0 Å². The van der Waals surface area contributed by atoms with Crippen molar-refractivity contribution in [3.05, 3.63) is 72.3 Å². The summed E-state index contributed by atoms with van der Waals surface area (Å²) in [6, 6.07) is 23.0. The number of benzene rings is 3. The van der Waals surface area contributed by atoms with Crippen LogP contribution in [0.4, 0.5) is 0 Å². The van der Waals surface area contributed by atoms with Crippen molar-refractivity contribution >= 4 is 21.7 Å². The Kier molecular flexibility index (Phi) is 2.30. The predicted octanol–water partition coefficient (Wildman–Crippen LogP) is 4.95. The molecule has 0 radical (unpaired) electrons. The average molecular weight is 283 g/mol. The van der Waals surface area contributed by atoms with Crippen LogP contribution < -0.4 is 4.74 Å². The maximum absolute atomic E-state index is 5.97. The summed E-state index contributed by atoms with van der Waals surface area (Å²) in [7, 11) is 0. The topological polar surface area (TPSA) is 22.1 Å². The number of aromatic nitrogens is 1. The normalized spacial score (nSPS) is 12.7. The van der Waals surface area contributed by atoms with Gasteiger partial charge in [-0.3, -0.25) is 0 Å². The smallest absolute Gasteiger partial charge is 0.129 e. The second-order valence-electron chi connectivity index (χ2n) is 5.64. The Balaban J connectivity index is 1.92. The lowest BCUT2D eigenvalue weighted by molar-refractivity contribution is 0.302. The molecule has 0 saturated carbocycles. The highest BCUT2D eigenvalue weighted by molar-refractivity contribution is 6.01. The Morgan fingerprint density at radius 3 is 2.59 bits per heavy atom. The molecule has 0 spiro atoms. The first-order valence-electron chi connectivity index (χ1n) is 7.44. The van der Waals surface area contributed by atoms with Gasteiger partial charge in [0.1, 0.15) is 12.4 Å². The van der Waals surface area contributed by atoms with E-state index in [0.717, 1.165) is 33.5 Å². The molecule has 5 rings (SSSR count). The summed E-state index contributed by atoms with van der Waals surface area (Å²) < 4.78 is 5.97. The molecule has 0 bridgehead atoms. The van der Waals surface area contributed by atoms with Gasteiger partial charge in [-0.25, -0.2) is 4.98 Å². The quantitative estimate of drug-likeness (QED) is 0.455. The molecule has 3 aromatic carbocycles. The van der Waals surface area contributed by atoms with Gasteiger partial charge in [-0.1, -0.05) is 48.5 Å². The highest BCUT2D eigenvalue weighted by Gasteiger charge is 2.21. The summed E-state index contributed by atoms with van der Waals surface area (Å²) in [4.78, 5) is 4.93. The predicted molar refractivity (Wildman–Crippen MR) is 89.0 cm³/mol. The van der Waals surface area contributed by atoms with Crippen molar-refractivity contribution < 1.29 is 4.74 Å². The van der Waals surface area contributed by atoms with E-state index in [9.17, 15) is 0 Å². The second kappa shape index (κ2) is 4.31. The molecule has 2 heteroatoms. The Hall–Kier alpha value is -2.87. The Bertz CT molecular complexity index is 1040. The SMILES string of the molecule is c1ccc2nc3c(cc2c1)COc1ccc2ccccc2c1-3. The largest absolute Gasteiger partial charge is 0.488 e. The third-order valence-electron chi connectivity index (χ3n) is 4.31. The number of hydrogen-bond donors (Lipinski definition) is 0. The van der Waals surface area contributed by atoms with E-state index in [1.165, 1.54) is 10.8 Å². The van der Waals surface area contributed by atoms with Crippen LogP contribution in [0.3, 0.4) is 0 Å². The van der Waals surface area contributed by atoms with Gasteiger partial charge < -0.3 is 4.74 Å². The van der Waals surface area contributed by atoms with E-state index in [2.05, 4.69) is 54.6 Å². The lowest BCUT2D eigenvalue weighted by Gasteiger charge is -2.22. The van der Waals surface area contributed by atoms with Crippen LogP contribution in [0, 0.1) is 0 Å². The van der Waals surface area contributed by atoms with Gasteiger partial charge in [0.2, 0.25) is 0 Å². The van der Waals surface area contributed by atoms with E-state index >= 15 is 0 Å². The van der Waals surface area contributed by atoms with Gasteiger partial charge in [-0.15, -0.1) is 0 Å². The highest BCUT2D eigenvalue weighted by Crippen LogP contribution is 2.42. The lowest BCUT2D eigenvalue weighted by Crippen LogP contribution is -2.07. The molecule has 0 atom stereocenters. The summed E-state index contributed by atoms with van der Waals surface area (Å²) in [6.07, 6.45) is 0. The van der Waals surface area contributed by atoms with Crippen LogP contribution in [0.25, 0.3) is 32.9 Å². The first-order chi connectivity index (χ1) is 10.9. The van der Waals surface area contributed by atoms with Gasteiger partial charge in [-0.05, 0) is 29.0 Å². The van der Waals surface area contributed by atoms with Crippen molar-refractivity contribution in [3.8, 4) is 17.0 Å². The molecule has 0 fully saturated rings. The van der Waals surface area contributed by atoms with E-state index < -0.39 is 0 Å². The molecule has 0 saturated heterocycles. The van der Waals surface area contributed by atoms with E-state index in [1.807, 2.05) is 12.1 Å². The second-order valence-corrected chi connectivity index (χ2v) is 5.64. The monoisotopic (exact) mass is 283 g/mol. The van der Waals surface area contributed by atoms with Gasteiger partial charge in [0.15, 0.2) is 0 Å². The maximum Gasteiger partial charge on any atom is 0.129 e. The van der Waals surface area contributed by atoms with Crippen LogP contribution in [-0.4, -0.2) is 4.98 Å². The zero-order chi connectivity index (χ0) is 14.5. The number of fused-ring (bicyclic) bond motifs is 6. The summed E-state index contributed by atoms with van der Waals surface area (Å²) in [5, 5.41) is 3.57. The zero-order valence-corrected chi connectivity index (χ0v) is 11.9. The fraction of sp³-hybridized carbons (Fsp3) is 0.0500. The standard InChI is InChI=1S/C20H13NO/c1-3-7-16-13(5-1)9-10-18-19(16)20-15(12-22-18)11-14-6-2-4-8-17(14)21-20/h1-11H,12H2. The first-order valence-corrected chi connectivity index (χ1v) is 7.44. The minimum atomic E-state index is 0.582. The molecule has 2 nitrogen and oxygen atoms in total. The molecule has 0 aliphatic carbocycles. The van der Waals surface area contributed by atoms with Crippen LogP contribution in [0.1, 0.15) is 5.56 Å². The molecule has 104 valence electrons. The van der Waals surface area contributed by atoms with Crippen LogP contribution >= 0.6 is 0 Å². The average Bonchev–Trinajstić information content (AvgIpc) is 2.59. The molecular weight excluding hydrogens is 270 g/mol. The number of nitrogens with zero attached hydrogens (tertiary/aromatic N) is 1. The van der Waals surface area contributed by atoms with Crippen molar-refractivity contribution in [1.82, 2.24) is 4.98 Å². The van der Waals surface area contributed by atoms with Gasteiger partial charge in [0.05, 0.1) is 16.8 Å². The lowest BCUT2D eigenvalue weighted by atomic mass is 9.95. The Morgan fingerprint density at radius 1 is 0.818 bits per heavy atom. The summed E-state index contributed by atoms with van der Waals surface area (Å²) in [6.45, 7) is 0.582. The molecule has 2 heterocycles. The van der Waals surface area contributed by atoms with Gasteiger partial charge in [-0.2, -0.15) is 0 Å². The number of para-hydroxylation sites is 1. The maximum atomic E-state index is 5.97. The molecular formula is C20H13NO. The molecule has 1 aliphatic rings. The highest BCUT2D eigenvalue weighted by atomic mass is 16.5. The van der Waals surface area contributed by atoms with Crippen molar-refractivity contribution in [2.24, 2.45) is 0 Å². The van der Waals surface area contributed by atoms with Crippen molar-refractivity contribution in [3.63, 3.8) is 0 Å². The minimum Gasteiger partial charge on any atom is -0.488 e.